The topological polar surface area (TPSA) is 67.8 Å². The maximum atomic E-state index is 10.3. The van der Waals surface area contributed by atoms with Gasteiger partial charge in [0.1, 0.15) is 6.54 Å². The van der Waals surface area contributed by atoms with E-state index in [1.807, 2.05) is 6.07 Å². The average molecular weight is 471 g/mol. The molecule has 0 aliphatic heterocycles. The molecular formula is C28H42N2O2S. The quantitative estimate of drug-likeness (QED) is 0.147. The smallest absolute Gasteiger partial charge is 0.168 e. The van der Waals surface area contributed by atoms with Crippen molar-refractivity contribution >= 4 is 11.1 Å². The first-order chi connectivity index (χ1) is 16.2. The van der Waals surface area contributed by atoms with Crippen molar-refractivity contribution in [1.29, 1.82) is 5.26 Å². The summed E-state index contributed by atoms with van der Waals surface area (Å²) < 4.78 is 22.9. The molecule has 0 saturated heterocycles. The number of nitriles is 1. The Labute approximate surface area is 204 Å². The summed E-state index contributed by atoms with van der Waals surface area (Å²) in [5.41, 5.74) is 0.458. The largest absolute Gasteiger partial charge is 0.768 e. The molecule has 1 aromatic carbocycles. The summed E-state index contributed by atoms with van der Waals surface area (Å²) in [6.07, 6.45) is 24.4. The lowest BCUT2D eigenvalue weighted by Gasteiger charge is -2.02. The minimum atomic E-state index is -2.20. The molecule has 0 aliphatic rings. The van der Waals surface area contributed by atoms with Gasteiger partial charge in [-0.05, 0) is 41.8 Å². The fourth-order valence-electron chi connectivity index (χ4n) is 3.71. The molecule has 1 heterocycles. The zero-order valence-corrected chi connectivity index (χ0v) is 21.2. The van der Waals surface area contributed by atoms with E-state index in [1.165, 1.54) is 121 Å². The predicted molar refractivity (Wildman–Crippen MR) is 135 cm³/mol. The summed E-state index contributed by atoms with van der Waals surface area (Å²) in [4.78, 5) is 0.198. The minimum absolute atomic E-state index is 0.198. The lowest BCUT2D eigenvalue weighted by molar-refractivity contribution is -0.697. The van der Waals surface area contributed by atoms with Crippen LogP contribution in [0.15, 0.2) is 59.8 Å². The molecule has 4 nitrogen and oxygen atoms in total. The molecule has 33 heavy (non-hydrogen) atoms. The summed E-state index contributed by atoms with van der Waals surface area (Å²) in [6.45, 7) is 3.47. The lowest BCUT2D eigenvalue weighted by Crippen LogP contribution is -2.32. The van der Waals surface area contributed by atoms with Gasteiger partial charge < -0.3 is 4.55 Å². The van der Waals surface area contributed by atoms with Crippen molar-refractivity contribution in [2.75, 3.05) is 0 Å². The van der Waals surface area contributed by atoms with Gasteiger partial charge in [-0.25, -0.2) is 4.57 Å². The van der Waals surface area contributed by atoms with Gasteiger partial charge in [-0.15, -0.1) is 0 Å². The highest BCUT2D eigenvalue weighted by Gasteiger charge is 1.98. The van der Waals surface area contributed by atoms with Crippen LogP contribution < -0.4 is 4.57 Å². The maximum absolute atomic E-state index is 10.3. The van der Waals surface area contributed by atoms with E-state index in [2.05, 4.69) is 42.1 Å². The summed E-state index contributed by atoms with van der Waals surface area (Å²) in [5, 5.41) is 8.36. The fourth-order valence-corrected chi connectivity index (χ4v) is 4.07. The number of rotatable bonds is 16. The molecule has 5 heteroatoms. The van der Waals surface area contributed by atoms with Crippen molar-refractivity contribution < 1.29 is 13.3 Å². The molecule has 1 aromatic heterocycles. The van der Waals surface area contributed by atoms with E-state index in [-0.39, 0.29) is 4.90 Å². The normalized spacial score (nSPS) is 11.3. The zero-order chi connectivity index (χ0) is 24.0. The van der Waals surface area contributed by atoms with Gasteiger partial charge in [-0.1, -0.05) is 90.0 Å². The Bertz CT molecular complexity index is 773. The van der Waals surface area contributed by atoms with Crippen LogP contribution in [0.3, 0.4) is 0 Å². The van der Waals surface area contributed by atoms with Gasteiger partial charge in [0, 0.05) is 23.4 Å². The number of hydrogen-bond acceptors (Lipinski definition) is 3. The Hall–Kier alpha value is -2.03. The SMILES string of the molecule is CCCCCCCCCCCCCCCC[n+]1ccccc1.N#Cc1ccc(S(=O)[O-])cc1. The second-order valence-electron chi connectivity index (χ2n) is 8.58. The van der Waals surface area contributed by atoms with Crippen molar-refractivity contribution in [3.05, 3.63) is 60.4 Å². The average Bonchev–Trinajstić information content (AvgIpc) is 2.85. The van der Waals surface area contributed by atoms with E-state index in [4.69, 9.17) is 5.26 Å². The molecule has 182 valence electrons. The van der Waals surface area contributed by atoms with Gasteiger partial charge >= 0.3 is 0 Å². The first-order valence-electron chi connectivity index (χ1n) is 12.7. The molecule has 0 fully saturated rings. The molecule has 0 aliphatic carbocycles. The number of benzene rings is 1. The second kappa shape index (κ2) is 20.6. The first-order valence-corrected chi connectivity index (χ1v) is 13.8. The van der Waals surface area contributed by atoms with Crippen LogP contribution in [0, 0.1) is 11.3 Å². The van der Waals surface area contributed by atoms with Gasteiger partial charge in [-0.2, -0.15) is 5.26 Å². The van der Waals surface area contributed by atoms with Crippen LogP contribution >= 0.6 is 0 Å². The van der Waals surface area contributed by atoms with Crippen molar-refractivity contribution in [2.24, 2.45) is 0 Å². The molecule has 0 amide bonds. The van der Waals surface area contributed by atoms with E-state index in [0.29, 0.717) is 5.56 Å². The molecular weight excluding hydrogens is 428 g/mol. The minimum Gasteiger partial charge on any atom is -0.768 e. The summed E-state index contributed by atoms with van der Waals surface area (Å²) >= 11 is -2.20. The van der Waals surface area contributed by atoms with Gasteiger partial charge in [0.25, 0.3) is 0 Å². The van der Waals surface area contributed by atoms with E-state index in [1.54, 1.807) is 0 Å². The Morgan fingerprint density at radius 1 is 0.758 bits per heavy atom. The van der Waals surface area contributed by atoms with Crippen LogP contribution in [0.4, 0.5) is 0 Å². The molecule has 0 radical (unpaired) electrons. The third-order valence-electron chi connectivity index (χ3n) is 5.72. The summed E-state index contributed by atoms with van der Waals surface area (Å²) in [6, 6.07) is 13.9. The fraction of sp³-hybridized carbons (Fsp3) is 0.571. The highest BCUT2D eigenvalue weighted by Crippen LogP contribution is 2.13. The van der Waals surface area contributed by atoms with Crippen LogP contribution in [-0.2, 0) is 17.6 Å². The number of unbranched alkanes of at least 4 members (excludes halogenated alkanes) is 13. The van der Waals surface area contributed by atoms with Crippen molar-refractivity contribution in [1.82, 2.24) is 0 Å². The lowest BCUT2D eigenvalue weighted by atomic mass is 10.0. The van der Waals surface area contributed by atoms with Crippen LogP contribution in [0.5, 0.6) is 0 Å². The Morgan fingerprint density at radius 3 is 1.64 bits per heavy atom. The molecule has 1 unspecified atom stereocenters. The number of nitrogens with zero attached hydrogens (tertiary/aromatic N) is 2. The van der Waals surface area contributed by atoms with Gasteiger partial charge in [0.15, 0.2) is 12.4 Å². The van der Waals surface area contributed by atoms with Crippen LogP contribution in [0.2, 0.25) is 0 Å². The number of aromatic nitrogens is 1. The maximum Gasteiger partial charge on any atom is 0.168 e. The predicted octanol–water partition coefficient (Wildman–Crippen LogP) is 7.25. The van der Waals surface area contributed by atoms with Gasteiger partial charge in [-0.3, -0.25) is 4.21 Å². The van der Waals surface area contributed by atoms with Crippen LogP contribution in [0.25, 0.3) is 0 Å². The standard InChI is InChI=1S/C21H38N.C7H5NO2S/c1-2-3-4-5-6-7-8-9-10-11-12-13-14-16-19-22-20-17-15-18-21-22;8-5-6-1-3-7(4-2-6)11(9)10/h15,17-18,20-21H,2-14,16,19H2,1H3;1-4H,(H,9,10)/q+1;/p-1. The van der Waals surface area contributed by atoms with Gasteiger partial charge in [0.05, 0.1) is 11.6 Å². The van der Waals surface area contributed by atoms with E-state index >= 15 is 0 Å². The highest BCUT2D eigenvalue weighted by molar-refractivity contribution is 7.79. The van der Waals surface area contributed by atoms with Gasteiger partial charge in [0.2, 0.25) is 0 Å². The van der Waals surface area contributed by atoms with Crippen LogP contribution in [0.1, 0.15) is 102 Å². The molecule has 1 atom stereocenters. The number of hydrogen-bond donors (Lipinski definition) is 0. The third-order valence-corrected chi connectivity index (χ3v) is 6.38. The molecule has 0 bridgehead atoms. The van der Waals surface area contributed by atoms with Crippen molar-refractivity contribution in [3.63, 3.8) is 0 Å². The molecule has 0 spiro atoms. The zero-order valence-electron chi connectivity index (χ0n) is 20.4. The summed E-state index contributed by atoms with van der Waals surface area (Å²) in [7, 11) is 0. The van der Waals surface area contributed by atoms with Crippen molar-refractivity contribution in [2.45, 2.75) is 108 Å². The molecule has 0 N–H and O–H groups in total. The number of aryl methyl sites for hydroxylation is 1. The van der Waals surface area contributed by atoms with E-state index < -0.39 is 11.1 Å². The van der Waals surface area contributed by atoms with E-state index in [0.717, 1.165) is 0 Å². The molecule has 0 saturated carbocycles. The first kappa shape index (κ1) is 29.0. The Kier molecular flexibility index (Phi) is 18.1. The molecule has 2 rings (SSSR count). The Morgan fingerprint density at radius 2 is 1.21 bits per heavy atom. The molecule has 2 aromatic rings. The summed E-state index contributed by atoms with van der Waals surface area (Å²) in [5.74, 6) is 0. The van der Waals surface area contributed by atoms with Crippen LogP contribution in [-0.4, -0.2) is 8.76 Å². The third kappa shape index (κ3) is 16.3. The monoisotopic (exact) mass is 470 g/mol. The van der Waals surface area contributed by atoms with E-state index in [9.17, 15) is 8.76 Å². The van der Waals surface area contributed by atoms with Crippen molar-refractivity contribution in [3.8, 4) is 6.07 Å². The second-order valence-corrected chi connectivity index (χ2v) is 9.52. The Balaban J connectivity index is 0.000000412. The highest BCUT2D eigenvalue weighted by atomic mass is 32.2. The number of pyridine rings is 1.